The summed E-state index contributed by atoms with van der Waals surface area (Å²) in [6, 6.07) is 5.81. The molecule has 0 amide bonds. The summed E-state index contributed by atoms with van der Waals surface area (Å²) in [6.07, 6.45) is 1.77. The molecule has 0 aliphatic heterocycles. The second-order valence-electron chi connectivity index (χ2n) is 5.33. The zero-order chi connectivity index (χ0) is 14.8. The Kier molecular flexibility index (Phi) is 4.80. The molecule has 1 aromatic rings. The van der Waals surface area contributed by atoms with Gasteiger partial charge in [-0.05, 0) is 37.5 Å². The second kappa shape index (κ2) is 6.22. The third-order valence-electron chi connectivity index (χ3n) is 3.69. The fourth-order valence-electron chi connectivity index (χ4n) is 2.46. The zero-order valence-electron chi connectivity index (χ0n) is 11.5. The molecule has 3 atom stereocenters. The van der Waals surface area contributed by atoms with Gasteiger partial charge in [0.15, 0.2) is 0 Å². The highest BCUT2D eigenvalue weighted by atomic mass is 32.2. The predicted octanol–water partition coefficient (Wildman–Crippen LogP) is 1.32. The van der Waals surface area contributed by atoms with Crippen LogP contribution in [0, 0.1) is 0 Å². The first-order chi connectivity index (χ1) is 9.40. The van der Waals surface area contributed by atoms with Crippen molar-refractivity contribution in [3.63, 3.8) is 0 Å². The van der Waals surface area contributed by atoms with Gasteiger partial charge < -0.3 is 10.2 Å². The molecule has 1 aromatic carbocycles. The Hall–Kier alpha value is -0.950. The van der Waals surface area contributed by atoms with E-state index in [1.54, 1.807) is 19.1 Å². The van der Waals surface area contributed by atoms with Crippen molar-refractivity contribution in [2.24, 2.45) is 0 Å². The van der Waals surface area contributed by atoms with E-state index < -0.39 is 28.3 Å². The maximum Gasteiger partial charge on any atom is 0.240 e. The van der Waals surface area contributed by atoms with Crippen molar-refractivity contribution in [3.05, 3.63) is 29.8 Å². The highest BCUT2D eigenvalue weighted by Gasteiger charge is 2.28. The molecule has 0 spiro atoms. The number of benzene rings is 1. The van der Waals surface area contributed by atoms with Crippen LogP contribution in [0.25, 0.3) is 0 Å². The quantitative estimate of drug-likeness (QED) is 0.782. The average Bonchev–Trinajstić information content (AvgIpc) is 2.41. The van der Waals surface area contributed by atoms with Crippen molar-refractivity contribution in [1.29, 1.82) is 0 Å². The summed E-state index contributed by atoms with van der Waals surface area (Å²) in [5, 5.41) is 19.4. The first kappa shape index (κ1) is 15.4. The maximum atomic E-state index is 12.3. The number of hydrogen-bond donors (Lipinski definition) is 3. The molecule has 0 heterocycles. The Morgan fingerprint density at radius 1 is 1.30 bits per heavy atom. The molecule has 0 bridgehead atoms. The molecule has 0 aromatic heterocycles. The van der Waals surface area contributed by atoms with Crippen molar-refractivity contribution in [2.75, 3.05) is 0 Å². The molecule has 112 valence electrons. The highest BCUT2D eigenvalue weighted by molar-refractivity contribution is 7.89. The van der Waals surface area contributed by atoms with Crippen molar-refractivity contribution >= 4 is 10.0 Å². The molecule has 2 rings (SSSR count). The lowest BCUT2D eigenvalue weighted by atomic mass is 9.93. The van der Waals surface area contributed by atoms with E-state index in [2.05, 4.69) is 4.72 Å². The number of sulfonamides is 1. The molecular formula is C14H21NO4S. The van der Waals surface area contributed by atoms with Crippen LogP contribution in [0.5, 0.6) is 0 Å². The van der Waals surface area contributed by atoms with Gasteiger partial charge in [0, 0.05) is 6.04 Å². The molecular weight excluding hydrogens is 278 g/mol. The molecule has 20 heavy (non-hydrogen) atoms. The van der Waals surface area contributed by atoms with Gasteiger partial charge >= 0.3 is 0 Å². The highest BCUT2D eigenvalue weighted by Crippen LogP contribution is 2.22. The van der Waals surface area contributed by atoms with Crippen LogP contribution in [0.15, 0.2) is 29.2 Å². The van der Waals surface area contributed by atoms with Gasteiger partial charge in [-0.2, -0.15) is 0 Å². The molecule has 5 nitrogen and oxygen atoms in total. The molecule has 3 N–H and O–H groups in total. The summed E-state index contributed by atoms with van der Waals surface area (Å²) < 4.78 is 27.2. The molecule has 1 aliphatic carbocycles. The smallest absolute Gasteiger partial charge is 0.240 e. The van der Waals surface area contributed by atoms with Crippen LogP contribution < -0.4 is 4.72 Å². The van der Waals surface area contributed by atoms with Gasteiger partial charge in [0.2, 0.25) is 10.0 Å². The molecule has 0 saturated heterocycles. The van der Waals surface area contributed by atoms with Gasteiger partial charge in [-0.15, -0.1) is 0 Å². The third-order valence-corrected chi connectivity index (χ3v) is 5.17. The van der Waals surface area contributed by atoms with Crippen LogP contribution in [-0.4, -0.2) is 30.8 Å². The number of nitrogens with one attached hydrogen (secondary N) is 1. The van der Waals surface area contributed by atoms with Crippen LogP contribution in [0.4, 0.5) is 0 Å². The van der Waals surface area contributed by atoms with E-state index in [-0.39, 0.29) is 4.90 Å². The summed E-state index contributed by atoms with van der Waals surface area (Å²) in [6.45, 7) is 1.59. The zero-order valence-corrected chi connectivity index (χ0v) is 12.3. The van der Waals surface area contributed by atoms with Crippen molar-refractivity contribution < 1.29 is 18.6 Å². The molecule has 0 radical (unpaired) electrons. The Bertz CT molecular complexity index is 556. The second-order valence-corrected chi connectivity index (χ2v) is 7.04. The maximum absolute atomic E-state index is 12.3. The number of hydrogen-bond acceptors (Lipinski definition) is 4. The van der Waals surface area contributed by atoms with Gasteiger partial charge in [0.25, 0.3) is 0 Å². The lowest BCUT2D eigenvalue weighted by molar-refractivity contribution is 0.101. The van der Waals surface area contributed by atoms with Gasteiger partial charge in [-0.1, -0.05) is 25.0 Å². The minimum absolute atomic E-state index is 0.119. The monoisotopic (exact) mass is 299 g/mol. The third kappa shape index (κ3) is 3.58. The van der Waals surface area contributed by atoms with Crippen LogP contribution >= 0.6 is 0 Å². The van der Waals surface area contributed by atoms with Gasteiger partial charge in [-0.3, -0.25) is 0 Å². The van der Waals surface area contributed by atoms with Gasteiger partial charge in [0.05, 0.1) is 17.1 Å². The minimum Gasteiger partial charge on any atom is -0.391 e. The van der Waals surface area contributed by atoms with Crippen LogP contribution in [0.1, 0.15) is 44.3 Å². The van der Waals surface area contributed by atoms with E-state index in [0.29, 0.717) is 18.4 Å². The van der Waals surface area contributed by atoms with Crippen LogP contribution in [-0.2, 0) is 10.0 Å². The summed E-state index contributed by atoms with van der Waals surface area (Å²) in [4.78, 5) is 0.119. The Labute approximate surface area is 119 Å². The fourth-order valence-corrected chi connectivity index (χ4v) is 3.82. The Morgan fingerprint density at radius 3 is 2.65 bits per heavy atom. The molecule has 1 fully saturated rings. The summed E-state index contributed by atoms with van der Waals surface area (Å²) in [5.41, 5.74) is 0.553. The molecule has 6 heteroatoms. The number of aliphatic hydroxyl groups excluding tert-OH is 2. The van der Waals surface area contributed by atoms with Crippen molar-refractivity contribution in [1.82, 2.24) is 4.72 Å². The fraction of sp³-hybridized carbons (Fsp3) is 0.571. The molecule has 3 unspecified atom stereocenters. The van der Waals surface area contributed by atoms with E-state index >= 15 is 0 Å². The Morgan fingerprint density at radius 2 is 2.00 bits per heavy atom. The predicted molar refractivity (Wildman–Crippen MR) is 75.7 cm³/mol. The van der Waals surface area contributed by atoms with Gasteiger partial charge in [0.1, 0.15) is 0 Å². The normalized spacial score (nSPS) is 25.4. The lowest BCUT2D eigenvalue weighted by Crippen LogP contribution is -2.44. The molecule has 1 aliphatic rings. The van der Waals surface area contributed by atoms with E-state index in [1.165, 1.54) is 12.1 Å². The number of aliphatic hydroxyl groups is 2. The van der Waals surface area contributed by atoms with Crippen LogP contribution in [0.3, 0.4) is 0 Å². The number of rotatable bonds is 4. The first-order valence-electron chi connectivity index (χ1n) is 6.88. The van der Waals surface area contributed by atoms with Gasteiger partial charge in [-0.25, -0.2) is 13.1 Å². The van der Waals surface area contributed by atoms with Crippen LogP contribution in [0.2, 0.25) is 0 Å². The summed E-state index contributed by atoms with van der Waals surface area (Å²) >= 11 is 0. The van der Waals surface area contributed by atoms with E-state index in [1.807, 2.05) is 0 Å². The van der Waals surface area contributed by atoms with Crippen molar-refractivity contribution in [2.45, 2.75) is 55.8 Å². The first-order valence-corrected chi connectivity index (χ1v) is 8.37. The van der Waals surface area contributed by atoms with E-state index in [0.717, 1.165) is 12.8 Å². The summed E-state index contributed by atoms with van der Waals surface area (Å²) in [7, 11) is -3.67. The Balaban J connectivity index is 2.19. The largest absolute Gasteiger partial charge is 0.391 e. The van der Waals surface area contributed by atoms with E-state index in [4.69, 9.17) is 0 Å². The SMILES string of the molecule is CC(O)c1cccc(S(=O)(=O)NC2CCCCC2O)c1. The standard InChI is InChI=1S/C14H21NO4S/c1-10(16)11-5-4-6-12(9-11)20(18,19)15-13-7-2-3-8-14(13)17/h4-6,9-10,13-17H,2-3,7-8H2,1H3. The average molecular weight is 299 g/mol. The minimum atomic E-state index is -3.67. The molecule has 1 saturated carbocycles. The lowest BCUT2D eigenvalue weighted by Gasteiger charge is -2.28. The summed E-state index contributed by atoms with van der Waals surface area (Å²) in [5.74, 6) is 0. The van der Waals surface area contributed by atoms with E-state index in [9.17, 15) is 18.6 Å². The topological polar surface area (TPSA) is 86.6 Å². The van der Waals surface area contributed by atoms with Crippen molar-refractivity contribution in [3.8, 4) is 0 Å².